The van der Waals surface area contributed by atoms with E-state index in [-0.39, 0.29) is 48.6 Å². The van der Waals surface area contributed by atoms with E-state index in [0.29, 0.717) is 0 Å². The summed E-state index contributed by atoms with van der Waals surface area (Å²) in [5.74, 6) is -0.0626. The smallest absolute Gasteiger partial charge is 0.332 e. The second-order valence-electron chi connectivity index (χ2n) is 7.67. The summed E-state index contributed by atoms with van der Waals surface area (Å²) >= 11 is 6.01. The normalized spacial score (nSPS) is 14.1. The van der Waals surface area contributed by atoms with Crippen molar-refractivity contribution in [1.82, 2.24) is 18.7 Å². The van der Waals surface area contributed by atoms with E-state index < -0.39 is 26.5 Å². The third-order valence-corrected chi connectivity index (χ3v) is 6.77. The molecule has 0 aliphatic heterocycles. The molecular weight excluding hydrogens is 458 g/mol. The lowest BCUT2D eigenvalue weighted by Gasteiger charge is -2.14. The number of alkyl halides is 1. The zero-order valence-corrected chi connectivity index (χ0v) is 20.4. The van der Waals surface area contributed by atoms with Crippen LogP contribution >= 0.6 is 11.6 Å². The number of nitrogens with one attached hydrogen (secondary N) is 1. The summed E-state index contributed by atoms with van der Waals surface area (Å²) in [5.41, 5.74) is -0.299. The molecule has 178 valence electrons. The maximum atomic E-state index is 13.2. The van der Waals surface area contributed by atoms with Gasteiger partial charge in [0.25, 0.3) is 5.56 Å². The highest BCUT2D eigenvalue weighted by Crippen LogP contribution is 2.20. The predicted molar refractivity (Wildman–Crippen MR) is 127 cm³/mol. The molecule has 0 bridgehead atoms. The Balaban J connectivity index is 2.83. The fraction of sp³-hybridized carbons (Fsp3) is 0.550. The SMILES string of the molecule is C/C=C(\C=C/C(C)Cl)Cn1c(NS(=O)(=O)C(C)C)nc2c1c(=O)n(CCCO)c(=O)n2C. The Morgan fingerprint density at radius 2 is 1.91 bits per heavy atom. The molecular formula is C20H30ClN5O5S. The van der Waals surface area contributed by atoms with Crippen LogP contribution in [0.4, 0.5) is 5.95 Å². The second-order valence-corrected chi connectivity index (χ2v) is 10.6. The third kappa shape index (κ3) is 5.51. The quantitative estimate of drug-likeness (QED) is 0.386. The first-order valence-electron chi connectivity index (χ1n) is 10.2. The Labute approximate surface area is 191 Å². The summed E-state index contributed by atoms with van der Waals surface area (Å²) in [6.07, 6.45) is 5.59. The molecule has 12 heteroatoms. The van der Waals surface area contributed by atoms with Crippen molar-refractivity contribution in [2.24, 2.45) is 7.05 Å². The highest BCUT2D eigenvalue weighted by molar-refractivity contribution is 7.93. The van der Waals surface area contributed by atoms with Gasteiger partial charge in [0.15, 0.2) is 11.2 Å². The van der Waals surface area contributed by atoms with Gasteiger partial charge in [-0.2, -0.15) is 4.98 Å². The van der Waals surface area contributed by atoms with Crippen LogP contribution in [0.25, 0.3) is 11.2 Å². The van der Waals surface area contributed by atoms with Crippen LogP contribution in [0.5, 0.6) is 0 Å². The van der Waals surface area contributed by atoms with Crippen molar-refractivity contribution < 1.29 is 13.5 Å². The molecule has 32 heavy (non-hydrogen) atoms. The van der Waals surface area contributed by atoms with E-state index >= 15 is 0 Å². The lowest BCUT2D eigenvalue weighted by atomic mass is 10.2. The van der Waals surface area contributed by atoms with E-state index in [2.05, 4.69) is 9.71 Å². The summed E-state index contributed by atoms with van der Waals surface area (Å²) in [7, 11) is -2.31. The van der Waals surface area contributed by atoms with Crippen LogP contribution in [0, 0.1) is 0 Å². The average molecular weight is 488 g/mol. The number of allylic oxidation sites excluding steroid dienone is 4. The van der Waals surface area contributed by atoms with E-state index in [1.807, 2.05) is 13.0 Å². The van der Waals surface area contributed by atoms with E-state index in [0.717, 1.165) is 10.1 Å². The molecule has 0 aromatic carbocycles. The number of aliphatic hydroxyl groups is 1. The third-order valence-electron chi connectivity index (χ3n) is 4.91. The molecule has 1 atom stereocenters. The summed E-state index contributed by atoms with van der Waals surface area (Å²) in [5, 5.41) is 8.18. The molecule has 2 rings (SSSR count). The number of hydrogen-bond acceptors (Lipinski definition) is 6. The summed E-state index contributed by atoms with van der Waals surface area (Å²) < 4.78 is 31.2. The van der Waals surface area contributed by atoms with Gasteiger partial charge in [-0.15, -0.1) is 11.6 Å². The zero-order valence-electron chi connectivity index (χ0n) is 18.9. The molecule has 0 saturated heterocycles. The number of hydrogen-bond donors (Lipinski definition) is 2. The molecule has 2 aromatic heterocycles. The van der Waals surface area contributed by atoms with Gasteiger partial charge in [-0.25, -0.2) is 13.2 Å². The first-order chi connectivity index (χ1) is 14.9. The van der Waals surface area contributed by atoms with Gasteiger partial charge in [0, 0.05) is 25.6 Å². The Morgan fingerprint density at radius 3 is 2.44 bits per heavy atom. The highest BCUT2D eigenvalue weighted by Gasteiger charge is 2.24. The van der Waals surface area contributed by atoms with Crippen LogP contribution in [0.2, 0.25) is 0 Å². The van der Waals surface area contributed by atoms with Crippen LogP contribution < -0.4 is 16.0 Å². The number of aryl methyl sites for hydroxylation is 1. The Kier molecular flexibility index (Phi) is 8.49. The standard InChI is InChI=1S/C20H30ClN5O5S/c1-6-15(9-8-14(4)21)12-26-16-17(22-19(26)23-32(30,31)13(2)3)24(5)20(29)25(18(16)28)10-7-11-27/h6,8-9,13-14,27H,7,10-12H2,1-5H3,(H,22,23)/b9-8-,15-6+. The number of anilines is 1. The van der Waals surface area contributed by atoms with Gasteiger partial charge in [0.1, 0.15) is 0 Å². The lowest BCUT2D eigenvalue weighted by molar-refractivity contribution is 0.277. The number of aliphatic hydroxyl groups excluding tert-OH is 1. The van der Waals surface area contributed by atoms with Crippen molar-refractivity contribution in [1.29, 1.82) is 0 Å². The van der Waals surface area contributed by atoms with Gasteiger partial charge in [0.05, 0.1) is 11.8 Å². The van der Waals surface area contributed by atoms with Crippen LogP contribution in [0.15, 0.2) is 33.4 Å². The number of nitrogens with zero attached hydrogens (tertiary/aromatic N) is 4. The minimum Gasteiger partial charge on any atom is -0.396 e. The summed E-state index contributed by atoms with van der Waals surface area (Å²) in [6.45, 7) is 6.62. The number of rotatable bonds is 10. The first-order valence-corrected chi connectivity index (χ1v) is 12.2. The minimum absolute atomic E-state index is 0.0241. The summed E-state index contributed by atoms with van der Waals surface area (Å²) in [6, 6.07) is 0. The lowest BCUT2D eigenvalue weighted by Crippen LogP contribution is -2.40. The van der Waals surface area contributed by atoms with Crippen molar-refractivity contribution in [3.63, 3.8) is 0 Å². The molecule has 0 radical (unpaired) electrons. The van der Waals surface area contributed by atoms with Crippen LogP contribution in [0.1, 0.15) is 34.1 Å². The van der Waals surface area contributed by atoms with Crippen LogP contribution in [0.3, 0.4) is 0 Å². The van der Waals surface area contributed by atoms with E-state index in [1.54, 1.807) is 19.1 Å². The molecule has 0 saturated carbocycles. The van der Waals surface area contributed by atoms with Crippen molar-refractivity contribution in [2.45, 2.75) is 57.8 Å². The molecule has 0 aliphatic rings. The van der Waals surface area contributed by atoms with Crippen molar-refractivity contribution in [3.05, 3.63) is 44.6 Å². The fourth-order valence-electron chi connectivity index (χ4n) is 2.95. The number of sulfonamides is 1. The largest absolute Gasteiger partial charge is 0.396 e. The molecule has 2 N–H and O–H groups in total. The number of fused-ring (bicyclic) bond motifs is 1. The molecule has 2 aromatic rings. The van der Waals surface area contributed by atoms with Gasteiger partial charge in [-0.1, -0.05) is 18.2 Å². The van der Waals surface area contributed by atoms with Gasteiger partial charge >= 0.3 is 5.69 Å². The maximum Gasteiger partial charge on any atom is 0.332 e. The van der Waals surface area contributed by atoms with Crippen molar-refractivity contribution in [2.75, 3.05) is 11.3 Å². The van der Waals surface area contributed by atoms with Crippen molar-refractivity contribution >= 4 is 38.7 Å². The fourth-order valence-corrected chi connectivity index (χ4v) is 3.67. The molecule has 1 unspecified atom stereocenters. The molecule has 2 heterocycles. The maximum absolute atomic E-state index is 13.2. The second kappa shape index (κ2) is 10.5. The average Bonchev–Trinajstić information content (AvgIpc) is 3.06. The van der Waals surface area contributed by atoms with Gasteiger partial charge in [-0.05, 0) is 39.7 Å². The number of imidazole rings is 1. The topological polar surface area (TPSA) is 128 Å². The Morgan fingerprint density at radius 1 is 1.25 bits per heavy atom. The number of aromatic nitrogens is 4. The van der Waals surface area contributed by atoms with Crippen LogP contribution in [-0.4, -0.2) is 49.4 Å². The van der Waals surface area contributed by atoms with E-state index in [9.17, 15) is 18.0 Å². The van der Waals surface area contributed by atoms with Gasteiger partial charge in [-0.3, -0.25) is 23.2 Å². The predicted octanol–water partition coefficient (Wildman–Crippen LogP) is 1.56. The Hall–Kier alpha value is -2.37. The summed E-state index contributed by atoms with van der Waals surface area (Å²) in [4.78, 5) is 30.2. The molecule has 0 aliphatic carbocycles. The Bertz CT molecular complexity index is 1250. The molecule has 0 spiro atoms. The molecule has 0 fully saturated rings. The highest BCUT2D eigenvalue weighted by atomic mass is 35.5. The van der Waals surface area contributed by atoms with E-state index in [4.69, 9.17) is 16.7 Å². The monoisotopic (exact) mass is 487 g/mol. The first kappa shape index (κ1) is 25.9. The van der Waals surface area contributed by atoms with E-state index in [1.165, 1.54) is 30.0 Å². The van der Waals surface area contributed by atoms with Crippen molar-refractivity contribution in [3.8, 4) is 0 Å². The minimum atomic E-state index is -3.77. The zero-order chi connectivity index (χ0) is 24.2. The van der Waals surface area contributed by atoms with Gasteiger partial charge in [0.2, 0.25) is 16.0 Å². The molecule has 0 amide bonds. The molecule has 10 nitrogen and oxygen atoms in total. The number of halogens is 1. The van der Waals surface area contributed by atoms with Crippen LogP contribution in [-0.2, 0) is 30.2 Å². The van der Waals surface area contributed by atoms with Gasteiger partial charge < -0.3 is 5.11 Å².